The fourth-order valence-corrected chi connectivity index (χ4v) is 5.93. The van der Waals surface area contributed by atoms with E-state index in [1.54, 1.807) is 32.0 Å². The molecular weight excluding hydrogens is 517 g/mol. The lowest BCUT2D eigenvalue weighted by Gasteiger charge is -2.40. The van der Waals surface area contributed by atoms with E-state index in [2.05, 4.69) is 0 Å². The van der Waals surface area contributed by atoms with E-state index < -0.39 is 34.0 Å². The van der Waals surface area contributed by atoms with Crippen LogP contribution in [0.15, 0.2) is 65.6 Å². The minimum absolute atomic E-state index is 0.00616. The lowest BCUT2D eigenvalue weighted by atomic mass is 10.0. The van der Waals surface area contributed by atoms with E-state index in [0.29, 0.717) is 11.1 Å². The van der Waals surface area contributed by atoms with Crippen LogP contribution >= 0.6 is 11.6 Å². The van der Waals surface area contributed by atoms with Crippen molar-refractivity contribution in [3.8, 4) is 16.9 Å². The summed E-state index contributed by atoms with van der Waals surface area (Å²) in [6.45, 7) is 2.90. The number of rotatable bonds is 5. The number of hydrogen-bond donors (Lipinski definition) is 2. The topological polar surface area (TPSA) is 90.7 Å². The van der Waals surface area contributed by atoms with E-state index >= 15 is 0 Å². The Morgan fingerprint density at radius 1 is 1.08 bits per heavy atom. The molecule has 0 aliphatic carbocycles. The molecule has 0 spiro atoms. The van der Waals surface area contributed by atoms with Crippen molar-refractivity contribution in [1.82, 2.24) is 0 Å². The molecule has 3 aromatic carbocycles. The average molecular weight is 539 g/mol. The van der Waals surface area contributed by atoms with Crippen LogP contribution in [0.2, 0.25) is 5.02 Å². The van der Waals surface area contributed by atoms with Gasteiger partial charge < -0.3 is 15.3 Å². The van der Waals surface area contributed by atoms with Gasteiger partial charge in [-0.05, 0) is 61.4 Å². The first-order valence-electron chi connectivity index (χ1n) is 10.7. The number of aliphatic hydroxyl groups is 1. The van der Waals surface area contributed by atoms with Gasteiger partial charge in [-0.25, -0.2) is 8.42 Å². The Balaban J connectivity index is 1.75. The number of benzene rings is 3. The quantitative estimate of drug-likeness (QED) is 0.405. The van der Waals surface area contributed by atoms with Crippen LogP contribution in [-0.4, -0.2) is 38.0 Å². The summed E-state index contributed by atoms with van der Waals surface area (Å²) < 4.78 is 73.3. The van der Waals surface area contributed by atoms with Gasteiger partial charge in [-0.15, -0.1) is 0 Å². The van der Waals surface area contributed by atoms with Crippen LogP contribution in [0.5, 0.6) is 5.75 Å². The van der Waals surface area contributed by atoms with Gasteiger partial charge in [-0.3, -0.25) is 4.31 Å². The molecule has 2 N–H and O–H groups in total. The van der Waals surface area contributed by atoms with Crippen LogP contribution in [0.3, 0.4) is 0 Å². The molecule has 0 aromatic heterocycles. The number of anilines is 1. The Morgan fingerprint density at radius 3 is 2.31 bits per heavy atom. The maximum absolute atomic E-state index is 13.6. The molecule has 0 saturated carbocycles. The summed E-state index contributed by atoms with van der Waals surface area (Å²) in [7, 11) is -4.11. The zero-order valence-electron chi connectivity index (χ0n) is 19.2. The van der Waals surface area contributed by atoms with Gasteiger partial charge in [-0.1, -0.05) is 35.9 Å². The van der Waals surface area contributed by atoms with E-state index in [1.807, 2.05) is 0 Å². The van der Waals surface area contributed by atoms with Crippen molar-refractivity contribution in [2.24, 2.45) is 0 Å². The molecule has 3 aromatic rings. The predicted octanol–water partition coefficient (Wildman–Crippen LogP) is 5.75. The first kappa shape index (κ1) is 26.0. The number of nitrogens with one attached hydrogen (secondary N) is 1. The third kappa shape index (κ3) is 4.93. The Morgan fingerprint density at radius 2 is 1.72 bits per heavy atom. The normalized spacial score (nSPS) is 15.2. The van der Waals surface area contributed by atoms with Gasteiger partial charge in [0.25, 0.3) is 10.0 Å². The van der Waals surface area contributed by atoms with Crippen molar-refractivity contribution in [3.63, 3.8) is 0 Å². The molecule has 0 bridgehead atoms. The molecular formula is C25H22ClF3N2O4S. The third-order valence-electron chi connectivity index (χ3n) is 5.70. The number of alkyl halides is 3. The molecule has 1 aliphatic rings. The molecule has 1 aliphatic heterocycles. The van der Waals surface area contributed by atoms with Crippen molar-refractivity contribution >= 4 is 33.0 Å². The minimum Gasteiger partial charge on any atom is -0.484 e. The van der Waals surface area contributed by atoms with Crippen LogP contribution in [-0.2, 0) is 16.2 Å². The SMILES string of the molecule is CC1(C)CN(S(=O)(=O)c2ccc(C(=N)CO)c(Cl)c2)c2ccc(-c3ccc(C(F)(F)F)cc3)cc2O1. The number of fused-ring (bicyclic) bond motifs is 1. The number of halogens is 4. The Bertz CT molecular complexity index is 1440. The van der Waals surface area contributed by atoms with Crippen LogP contribution in [0.1, 0.15) is 25.0 Å². The molecule has 0 unspecified atom stereocenters. The Kier molecular flexibility index (Phi) is 6.57. The summed E-state index contributed by atoms with van der Waals surface area (Å²) in [5.41, 5.74) is -0.249. The maximum Gasteiger partial charge on any atom is 0.416 e. The van der Waals surface area contributed by atoms with E-state index in [-0.39, 0.29) is 39.2 Å². The standard InChI is InChI=1S/C25H22ClF3N2O4S/c1-24(2)14-31(36(33,34)18-8-9-19(20(26)12-18)21(30)13-32)22-10-5-16(11-23(22)35-24)15-3-6-17(7-4-15)25(27,28)29/h3-12,30,32H,13-14H2,1-2H3. The molecule has 0 atom stereocenters. The van der Waals surface area contributed by atoms with Crippen LogP contribution < -0.4 is 9.04 Å². The third-order valence-corrected chi connectivity index (χ3v) is 7.76. The highest BCUT2D eigenvalue weighted by Gasteiger charge is 2.39. The number of aliphatic hydroxyl groups excluding tert-OH is 1. The molecule has 0 fully saturated rings. The predicted molar refractivity (Wildman–Crippen MR) is 131 cm³/mol. The number of hydrogen-bond acceptors (Lipinski definition) is 5. The average Bonchev–Trinajstić information content (AvgIpc) is 2.81. The van der Waals surface area contributed by atoms with Gasteiger partial charge in [0.1, 0.15) is 11.4 Å². The molecule has 0 saturated heterocycles. The summed E-state index contributed by atoms with van der Waals surface area (Å²) in [6, 6.07) is 13.3. The summed E-state index contributed by atoms with van der Waals surface area (Å²) in [6.07, 6.45) is -4.45. The van der Waals surface area contributed by atoms with E-state index in [4.69, 9.17) is 21.7 Å². The maximum atomic E-state index is 13.6. The molecule has 1 heterocycles. The number of ether oxygens (including phenoxy) is 1. The molecule has 4 rings (SSSR count). The second-order valence-corrected chi connectivity index (χ2v) is 11.2. The van der Waals surface area contributed by atoms with E-state index in [1.165, 1.54) is 34.6 Å². The zero-order chi connectivity index (χ0) is 26.5. The van der Waals surface area contributed by atoms with Crippen molar-refractivity contribution in [3.05, 3.63) is 76.8 Å². The summed E-state index contributed by atoms with van der Waals surface area (Å²) in [5, 5.41) is 17.0. The number of nitrogens with zero attached hydrogens (tertiary/aromatic N) is 1. The minimum atomic E-state index is -4.45. The fraction of sp³-hybridized carbons (Fsp3) is 0.240. The van der Waals surface area contributed by atoms with Crippen LogP contribution in [0.4, 0.5) is 18.9 Å². The lowest BCUT2D eigenvalue weighted by Crippen LogP contribution is -2.49. The van der Waals surface area contributed by atoms with Crippen LogP contribution in [0.25, 0.3) is 11.1 Å². The zero-order valence-corrected chi connectivity index (χ0v) is 20.8. The molecule has 11 heteroatoms. The molecule has 6 nitrogen and oxygen atoms in total. The summed E-state index contributed by atoms with van der Waals surface area (Å²) >= 11 is 6.20. The highest BCUT2D eigenvalue weighted by molar-refractivity contribution is 7.92. The van der Waals surface area contributed by atoms with Crippen molar-refractivity contribution < 1.29 is 31.4 Å². The number of sulfonamides is 1. The largest absolute Gasteiger partial charge is 0.484 e. The highest BCUT2D eigenvalue weighted by Crippen LogP contribution is 2.43. The molecule has 36 heavy (non-hydrogen) atoms. The first-order chi connectivity index (χ1) is 16.7. The van der Waals surface area contributed by atoms with Gasteiger partial charge in [-0.2, -0.15) is 13.2 Å². The summed E-state index contributed by atoms with van der Waals surface area (Å²) in [4.78, 5) is -0.0996. The van der Waals surface area contributed by atoms with Crippen molar-refractivity contribution in [1.29, 1.82) is 5.41 Å². The summed E-state index contributed by atoms with van der Waals surface area (Å²) in [5.74, 6) is 0.261. The fourth-order valence-electron chi connectivity index (χ4n) is 3.92. The van der Waals surface area contributed by atoms with E-state index in [9.17, 15) is 26.7 Å². The van der Waals surface area contributed by atoms with Crippen molar-refractivity contribution in [2.75, 3.05) is 17.5 Å². The molecule has 190 valence electrons. The smallest absolute Gasteiger partial charge is 0.416 e. The second-order valence-electron chi connectivity index (χ2n) is 8.91. The van der Waals surface area contributed by atoms with Crippen LogP contribution in [0, 0.1) is 5.41 Å². The Hall–Kier alpha value is -3.08. The van der Waals surface area contributed by atoms with Crippen molar-refractivity contribution in [2.45, 2.75) is 30.5 Å². The Labute approximate surface area is 211 Å². The first-order valence-corrected chi connectivity index (χ1v) is 12.6. The van der Waals surface area contributed by atoms with Gasteiger partial charge in [0.05, 0.1) is 40.0 Å². The van der Waals surface area contributed by atoms with Gasteiger partial charge in [0.15, 0.2) is 0 Å². The van der Waals surface area contributed by atoms with E-state index in [0.717, 1.165) is 12.1 Å². The molecule has 0 radical (unpaired) electrons. The van der Waals surface area contributed by atoms with Gasteiger partial charge in [0, 0.05) is 5.56 Å². The lowest BCUT2D eigenvalue weighted by molar-refractivity contribution is -0.137. The molecule has 0 amide bonds. The second kappa shape index (κ2) is 9.10. The highest BCUT2D eigenvalue weighted by atomic mass is 35.5. The monoisotopic (exact) mass is 538 g/mol. The van der Waals surface area contributed by atoms with Gasteiger partial charge in [0.2, 0.25) is 0 Å². The van der Waals surface area contributed by atoms with Gasteiger partial charge >= 0.3 is 6.18 Å².